The zero-order valence-electron chi connectivity index (χ0n) is 7.95. The van der Waals surface area contributed by atoms with Crippen LogP contribution in [0, 0.1) is 0 Å². The van der Waals surface area contributed by atoms with Crippen molar-refractivity contribution >= 4 is 11.6 Å². The Hall–Kier alpha value is -0.930. The van der Waals surface area contributed by atoms with E-state index in [0.29, 0.717) is 11.8 Å². The lowest BCUT2D eigenvalue weighted by Crippen LogP contribution is -1.98. The first-order valence-corrected chi connectivity index (χ1v) is 4.86. The molecule has 0 saturated carbocycles. The zero-order chi connectivity index (χ0) is 10.2. The van der Waals surface area contributed by atoms with Gasteiger partial charge in [0.1, 0.15) is 5.15 Å². The van der Waals surface area contributed by atoms with Gasteiger partial charge in [0.05, 0.1) is 24.7 Å². The molecule has 0 aliphatic carbocycles. The summed E-state index contributed by atoms with van der Waals surface area (Å²) < 4.78 is 5.37. The Morgan fingerprint density at radius 2 is 2.29 bits per heavy atom. The van der Waals surface area contributed by atoms with E-state index in [1.807, 2.05) is 6.08 Å². The molecule has 0 N–H and O–H groups in total. The first-order valence-electron chi connectivity index (χ1n) is 4.48. The van der Waals surface area contributed by atoms with E-state index in [0.717, 1.165) is 25.1 Å². The molecule has 0 aromatic carbocycles. The predicted molar refractivity (Wildman–Crippen MR) is 56.1 cm³/mol. The summed E-state index contributed by atoms with van der Waals surface area (Å²) in [5.74, 6) is 0. The molecule has 1 aromatic rings. The van der Waals surface area contributed by atoms with E-state index >= 15 is 0 Å². The molecular weight excluding hydrogens is 200 g/mol. The molecule has 0 aliphatic rings. The molecule has 4 heteroatoms. The Bertz CT molecular complexity index is 274. The van der Waals surface area contributed by atoms with Gasteiger partial charge in [-0.1, -0.05) is 17.7 Å². The minimum atomic E-state index is 0.403. The smallest absolute Gasteiger partial charge is 0.147 e. The van der Waals surface area contributed by atoms with E-state index in [1.165, 1.54) is 6.20 Å². The van der Waals surface area contributed by atoms with Crippen LogP contribution in [-0.4, -0.2) is 16.6 Å². The fourth-order valence-corrected chi connectivity index (χ4v) is 1.02. The van der Waals surface area contributed by atoms with E-state index in [9.17, 15) is 0 Å². The van der Waals surface area contributed by atoms with Crippen molar-refractivity contribution in [2.45, 2.75) is 19.4 Å². The molecule has 0 amide bonds. The normalized spacial score (nSPS) is 10.1. The molecule has 0 fully saturated rings. The SMILES string of the molecule is C=CCCCOCc1cnc(Cl)cn1. The van der Waals surface area contributed by atoms with Crippen LogP contribution in [0.3, 0.4) is 0 Å². The van der Waals surface area contributed by atoms with Gasteiger partial charge in [-0.2, -0.15) is 0 Å². The monoisotopic (exact) mass is 212 g/mol. The fraction of sp³-hybridized carbons (Fsp3) is 0.400. The second-order valence-electron chi connectivity index (χ2n) is 2.81. The molecule has 76 valence electrons. The summed E-state index contributed by atoms with van der Waals surface area (Å²) in [7, 11) is 0. The van der Waals surface area contributed by atoms with Crippen LogP contribution < -0.4 is 0 Å². The highest BCUT2D eigenvalue weighted by molar-refractivity contribution is 6.29. The van der Waals surface area contributed by atoms with Gasteiger partial charge >= 0.3 is 0 Å². The summed E-state index contributed by atoms with van der Waals surface area (Å²) in [4.78, 5) is 7.96. The molecule has 0 unspecified atom stereocenters. The maximum Gasteiger partial charge on any atom is 0.147 e. The second kappa shape index (κ2) is 6.51. The average molecular weight is 213 g/mol. The lowest BCUT2D eigenvalue weighted by Gasteiger charge is -2.01. The molecule has 1 rings (SSSR count). The van der Waals surface area contributed by atoms with Crippen LogP contribution in [0.5, 0.6) is 0 Å². The Balaban J connectivity index is 2.18. The molecule has 0 spiro atoms. The lowest BCUT2D eigenvalue weighted by atomic mass is 10.3. The highest BCUT2D eigenvalue weighted by atomic mass is 35.5. The summed E-state index contributed by atoms with van der Waals surface area (Å²) >= 11 is 5.59. The lowest BCUT2D eigenvalue weighted by molar-refractivity contribution is 0.116. The second-order valence-corrected chi connectivity index (χ2v) is 3.20. The molecule has 1 aromatic heterocycles. The van der Waals surface area contributed by atoms with E-state index in [2.05, 4.69) is 16.5 Å². The molecule has 3 nitrogen and oxygen atoms in total. The van der Waals surface area contributed by atoms with Gasteiger partial charge in [0.2, 0.25) is 0 Å². The summed E-state index contributed by atoms with van der Waals surface area (Å²) in [5.41, 5.74) is 0.799. The quantitative estimate of drug-likeness (QED) is 0.537. The Labute approximate surface area is 88.8 Å². The highest BCUT2D eigenvalue weighted by Crippen LogP contribution is 2.02. The molecule has 0 atom stereocenters. The van der Waals surface area contributed by atoms with Crippen molar-refractivity contribution in [2.24, 2.45) is 0 Å². The van der Waals surface area contributed by atoms with Crippen LogP contribution in [0.4, 0.5) is 0 Å². The third-order valence-electron chi connectivity index (χ3n) is 1.62. The van der Waals surface area contributed by atoms with E-state index in [1.54, 1.807) is 6.20 Å². The van der Waals surface area contributed by atoms with Crippen molar-refractivity contribution in [3.05, 3.63) is 35.9 Å². The van der Waals surface area contributed by atoms with Crippen molar-refractivity contribution < 1.29 is 4.74 Å². The van der Waals surface area contributed by atoms with Crippen molar-refractivity contribution in [3.63, 3.8) is 0 Å². The van der Waals surface area contributed by atoms with Gasteiger partial charge in [-0.15, -0.1) is 6.58 Å². The number of aromatic nitrogens is 2. The standard InChI is InChI=1S/C10H13ClN2O/c1-2-3-4-5-14-8-9-6-13-10(11)7-12-9/h2,6-7H,1,3-5,8H2. The number of nitrogens with zero attached hydrogens (tertiary/aromatic N) is 2. The van der Waals surface area contributed by atoms with Crippen LogP contribution >= 0.6 is 11.6 Å². The third-order valence-corrected chi connectivity index (χ3v) is 1.82. The fourth-order valence-electron chi connectivity index (χ4n) is 0.920. The van der Waals surface area contributed by atoms with Gasteiger partial charge in [0.25, 0.3) is 0 Å². The number of halogens is 1. The number of allylic oxidation sites excluding steroid dienone is 1. The maximum absolute atomic E-state index is 5.59. The summed E-state index contributed by atoms with van der Waals surface area (Å²) in [6, 6.07) is 0. The number of rotatable bonds is 6. The summed E-state index contributed by atoms with van der Waals surface area (Å²) in [5, 5.41) is 0.403. The average Bonchev–Trinajstić information content (AvgIpc) is 2.21. The Morgan fingerprint density at radius 1 is 1.43 bits per heavy atom. The molecule has 0 saturated heterocycles. The van der Waals surface area contributed by atoms with Crippen molar-refractivity contribution in [3.8, 4) is 0 Å². The summed E-state index contributed by atoms with van der Waals surface area (Å²) in [6.45, 7) is 4.84. The van der Waals surface area contributed by atoms with Crippen LogP contribution in [0.25, 0.3) is 0 Å². The van der Waals surface area contributed by atoms with Gasteiger partial charge in [-0.3, -0.25) is 4.98 Å². The Morgan fingerprint density at radius 3 is 2.93 bits per heavy atom. The van der Waals surface area contributed by atoms with Crippen molar-refractivity contribution in [1.29, 1.82) is 0 Å². The molecule has 0 radical (unpaired) electrons. The third kappa shape index (κ3) is 4.35. The van der Waals surface area contributed by atoms with Crippen molar-refractivity contribution in [2.75, 3.05) is 6.61 Å². The number of hydrogen-bond acceptors (Lipinski definition) is 3. The van der Waals surface area contributed by atoms with Gasteiger partial charge < -0.3 is 4.74 Å². The van der Waals surface area contributed by atoms with Gasteiger partial charge in [0.15, 0.2) is 0 Å². The minimum absolute atomic E-state index is 0.403. The number of ether oxygens (including phenoxy) is 1. The minimum Gasteiger partial charge on any atom is -0.375 e. The van der Waals surface area contributed by atoms with Crippen LogP contribution in [0.1, 0.15) is 18.5 Å². The summed E-state index contributed by atoms with van der Waals surface area (Å²) in [6.07, 6.45) is 6.99. The molecule has 1 heterocycles. The number of hydrogen-bond donors (Lipinski definition) is 0. The molecule has 0 aliphatic heterocycles. The number of unbranched alkanes of at least 4 members (excludes halogenated alkanes) is 1. The molecular formula is C10H13ClN2O. The van der Waals surface area contributed by atoms with Gasteiger partial charge in [-0.25, -0.2) is 4.98 Å². The Kier molecular flexibility index (Phi) is 5.19. The maximum atomic E-state index is 5.59. The topological polar surface area (TPSA) is 35.0 Å². The first kappa shape index (κ1) is 11.1. The predicted octanol–water partition coefficient (Wildman–Crippen LogP) is 2.61. The molecule has 14 heavy (non-hydrogen) atoms. The van der Waals surface area contributed by atoms with Crippen molar-refractivity contribution in [1.82, 2.24) is 9.97 Å². The van der Waals surface area contributed by atoms with Gasteiger partial charge in [-0.05, 0) is 12.8 Å². The highest BCUT2D eigenvalue weighted by Gasteiger charge is 1.95. The molecule has 0 bridgehead atoms. The van der Waals surface area contributed by atoms with E-state index in [4.69, 9.17) is 16.3 Å². The van der Waals surface area contributed by atoms with Gasteiger partial charge in [0, 0.05) is 6.61 Å². The van der Waals surface area contributed by atoms with E-state index < -0.39 is 0 Å². The van der Waals surface area contributed by atoms with Crippen LogP contribution in [0.2, 0.25) is 5.15 Å². The largest absolute Gasteiger partial charge is 0.375 e. The van der Waals surface area contributed by atoms with Crippen LogP contribution in [0.15, 0.2) is 25.0 Å². The van der Waals surface area contributed by atoms with E-state index in [-0.39, 0.29) is 0 Å². The van der Waals surface area contributed by atoms with Crippen LogP contribution in [-0.2, 0) is 11.3 Å². The first-order chi connectivity index (χ1) is 6.83. The zero-order valence-corrected chi connectivity index (χ0v) is 8.70.